The van der Waals surface area contributed by atoms with E-state index in [0.717, 1.165) is 41.8 Å². The number of nitriles is 1. The summed E-state index contributed by atoms with van der Waals surface area (Å²) in [5, 5.41) is 9.19. The molecule has 1 atom stereocenters. The van der Waals surface area contributed by atoms with Gasteiger partial charge in [-0.05, 0) is 42.7 Å². The van der Waals surface area contributed by atoms with Crippen LogP contribution in [0.5, 0.6) is 0 Å². The van der Waals surface area contributed by atoms with E-state index < -0.39 is 0 Å². The summed E-state index contributed by atoms with van der Waals surface area (Å²) in [6, 6.07) is 11.5. The summed E-state index contributed by atoms with van der Waals surface area (Å²) in [6.45, 7) is 3.41. The van der Waals surface area contributed by atoms with E-state index in [4.69, 9.17) is 4.98 Å². The Hall–Kier alpha value is -3.20. The fourth-order valence-corrected chi connectivity index (χ4v) is 3.82. The first kappa shape index (κ1) is 17.2. The highest BCUT2D eigenvalue weighted by atomic mass is 16.2. The van der Waals surface area contributed by atoms with Gasteiger partial charge in [0, 0.05) is 30.9 Å². The molecule has 0 radical (unpaired) electrons. The Balaban J connectivity index is 1.76. The molecule has 0 aliphatic carbocycles. The number of aromatic nitrogens is 3. The number of benzene rings is 1. The third-order valence-corrected chi connectivity index (χ3v) is 5.10. The second-order valence-electron chi connectivity index (χ2n) is 7.04. The molecular weight excluding hydrogens is 338 g/mol. The Kier molecular flexibility index (Phi) is 4.59. The number of imidazole rings is 1. The predicted molar refractivity (Wildman–Crippen MR) is 102 cm³/mol. The summed E-state index contributed by atoms with van der Waals surface area (Å²) < 4.78 is 2.06. The summed E-state index contributed by atoms with van der Waals surface area (Å²) >= 11 is 0. The summed E-state index contributed by atoms with van der Waals surface area (Å²) in [6.07, 6.45) is 6.30. The lowest BCUT2D eigenvalue weighted by Crippen LogP contribution is -2.28. The van der Waals surface area contributed by atoms with Crippen LogP contribution >= 0.6 is 0 Å². The van der Waals surface area contributed by atoms with E-state index in [0.29, 0.717) is 24.6 Å². The van der Waals surface area contributed by atoms with Crippen LogP contribution in [0.2, 0.25) is 0 Å². The molecule has 3 aromatic rings. The van der Waals surface area contributed by atoms with E-state index in [9.17, 15) is 10.1 Å². The lowest BCUT2D eigenvalue weighted by molar-refractivity contribution is -0.129. The third-order valence-electron chi connectivity index (χ3n) is 5.10. The smallest absolute Gasteiger partial charge is 0.224 e. The first-order valence-corrected chi connectivity index (χ1v) is 9.28. The highest BCUT2D eigenvalue weighted by Crippen LogP contribution is 2.28. The van der Waals surface area contributed by atoms with Crippen LogP contribution in [0, 0.1) is 17.2 Å². The molecule has 6 heteroatoms. The molecule has 4 rings (SSSR count). The maximum absolute atomic E-state index is 12.5. The molecule has 1 amide bonds. The van der Waals surface area contributed by atoms with Gasteiger partial charge in [0.2, 0.25) is 5.91 Å². The summed E-state index contributed by atoms with van der Waals surface area (Å²) in [4.78, 5) is 23.4. The number of hydrogen-bond acceptors (Lipinski definition) is 4. The Morgan fingerprint density at radius 1 is 1.33 bits per heavy atom. The highest BCUT2D eigenvalue weighted by molar-refractivity contribution is 5.83. The second kappa shape index (κ2) is 7.20. The van der Waals surface area contributed by atoms with Gasteiger partial charge in [-0.25, -0.2) is 4.98 Å². The summed E-state index contributed by atoms with van der Waals surface area (Å²) in [7, 11) is 0. The van der Waals surface area contributed by atoms with Crippen molar-refractivity contribution in [3.05, 3.63) is 48.3 Å². The summed E-state index contributed by atoms with van der Waals surface area (Å²) in [5.74, 6) is 1.39. The van der Waals surface area contributed by atoms with Crippen LogP contribution in [-0.2, 0) is 11.5 Å². The molecular formula is C21H21N5O. The third kappa shape index (κ3) is 3.28. The van der Waals surface area contributed by atoms with Crippen LogP contribution in [0.1, 0.15) is 31.7 Å². The molecule has 6 nitrogen and oxygen atoms in total. The van der Waals surface area contributed by atoms with Gasteiger partial charge in [0.1, 0.15) is 5.82 Å². The van der Waals surface area contributed by atoms with Gasteiger partial charge in [-0.2, -0.15) is 5.26 Å². The summed E-state index contributed by atoms with van der Waals surface area (Å²) in [5.41, 5.74) is 3.14. The fourth-order valence-electron chi connectivity index (χ4n) is 3.82. The lowest BCUT2D eigenvalue weighted by Gasteiger charge is -2.19. The van der Waals surface area contributed by atoms with Gasteiger partial charge in [0.05, 0.1) is 29.3 Å². The molecule has 2 aromatic heterocycles. The van der Waals surface area contributed by atoms with Crippen molar-refractivity contribution in [3.63, 3.8) is 0 Å². The second-order valence-corrected chi connectivity index (χ2v) is 7.04. The largest absolute Gasteiger partial charge is 0.324 e. The molecule has 27 heavy (non-hydrogen) atoms. The zero-order chi connectivity index (χ0) is 18.8. The van der Waals surface area contributed by atoms with Crippen molar-refractivity contribution < 1.29 is 4.79 Å². The molecule has 1 aromatic carbocycles. The van der Waals surface area contributed by atoms with Crippen molar-refractivity contribution in [2.75, 3.05) is 6.54 Å². The Morgan fingerprint density at radius 2 is 2.22 bits per heavy atom. The number of amides is 1. The molecule has 3 heterocycles. The van der Waals surface area contributed by atoms with Gasteiger partial charge >= 0.3 is 0 Å². The standard InChI is InChI=1S/C21H21N5O/c1-2-4-16-10-20(27)25(13-16)14-26-19-7-6-15(11-22)9-18(19)24-21(26)17-5-3-8-23-12-17/h3,5-9,12,16H,2,4,10,13-14H2,1H3. The number of carbonyl (C=O) groups excluding carboxylic acids is 1. The quantitative estimate of drug-likeness (QED) is 0.698. The molecule has 0 bridgehead atoms. The SMILES string of the molecule is CCCC1CC(=O)N(Cn2c(-c3cccnc3)nc3cc(C#N)ccc32)C1. The van der Waals surface area contributed by atoms with Crippen LogP contribution in [0.15, 0.2) is 42.7 Å². The average molecular weight is 359 g/mol. The van der Waals surface area contributed by atoms with Crippen LogP contribution in [0.3, 0.4) is 0 Å². The number of hydrogen-bond donors (Lipinski definition) is 0. The van der Waals surface area contributed by atoms with Crippen LogP contribution in [0.4, 0.5) is 0 Å². The van der Waals surface area contributed by atoms with Crippen molar-refractivity contribution in [1.29, 1.82) is 5.26 Å². The number of rotatable bonds is 5. The van der Waals surface area contributed by atoms with Gasteiger partial charge in [-0.15, -0.1) is 0 Å². The Bertz CT molecular complexity index is 1020. The molecule has 0 spiro atoms. The van der Waals surface area contributed by atoms with E-state index >= 15 is 0 Å². The van der Waals surface area contributed by atoms with E-state index in [2.05, 4.69) is 22.5 Å². The molecule has 1 fully saturated rings. The number of carbonyl (C=O) groups is 1. The zero-order valence-electron chi connectivity index (χ0n) is 15.3. The molecule has 136 valence electrons. The van der Waals surface area contributed by atoms with Crippen LogP contribution < -0.4 is 0 Å². The predicted octanol–water partition coefficient (Wildman–Crippen LogP) is 3.58. The molecule has 1 aliphatic heterocycles. The Labute approximate surface area is 158 Å². The van der Waals surface area contributed by atoms with Crippen LogP contribution in [0.25, 0.3) is 22.4 Å². The van der Waals surface area contributed by atoms with Crippen molar-refractivity contribution in [3.8, 4) is 17.5 Å². The Morgan fingerprint density at radius 3 is 2.96 bits per heavy atom. The minimum absolute atomic E-state index is 0.195. The fraction of sp³-hybridized carbons (Fsp3) is 0.333. The van der Waals surface area contributed by atoms with E-state index in [1.807, 2.05) is 23.1 Å². The topological polar surface area (TPSA) is 74.8 Å². The lowest BCUT2D eigenvalue weighted by atomic mass is 10.0. The number of nitrogens with zero attached hydrogens (tertiary/aromatic N) is 5. The number of likely N-dealkylation sites (tertiary alicyclic amines) is 1. The first-order chi connectivity index (χ1) is 13.2. The molecule has 0 saturated carbocycles. The van der Waals surface area contributed by atoms with E-state index in [1.54, 1.807) is 24.5 Å². The van der Waals surface area contributed by atoms with Crippen LogP contribution in [-0.4, -0.2) is 31.9 Å². The van der Waals surface area contributed by atoms with Gasteiger partial charge in [-0.1, -0.05) is 13.3 Å². The molecule has 0 N–H and O–H groups in total. The zero-order valence-corrected chi connectivity index (χ0v) is 15.3. The molecule has 1 unspecified atom stereocenters. The van der Waals surface area contributed by atoms with Gasteiger partial charge in [0.25, 0.3) is 0 Å². The van der Waals surface area contributed by atoms with Crippen molar-refractivity contribution in [1.82, 2.24) is 19.4 Å². The number of pyridine rings is 1. The van der Waals surface area contributed by atoms with Gasteiger partial charge in [0.15, 0.2) is 0 Å². The van der Waals surface area contributed by atoms with E-state index in [1.165, 1.54) is 0 Å². The average Bonchev–Trinajstić information content (AvgIpc) is 3.23. The molecule has 1 aliphatic rings. The minimum Gasteiger partial charge on any atom is -0.324 e. The van der Waals surface area contributed by atoms with Crippen molar-refractivity contribution in [2.45, 2.75) is 32.9 Å². The minimum atomic E-state index is 0.195. The monoisotopic (exact) mass is 359 g/mol. The number of fused-ring (bicyclic) bond motifs is 1. The van der Waals surface area contributed by atoms with Crippen molar-refractivity contribution in [2.24, 2.45) is 5.92 Å². The van der Waals surface area contributed by atoms with Gasteiger partial charge < -0.3 is 9.47 Å². The maximum atomic E-state index is 12.5. The van der Waals surface area contributed by atoms with Gasteiger partial charge in [-0.3, -0.25) is 9.78 Å². The highest BCUT2D eigenvalue weighted by Gasteiger charge is 2.30. The van der Waals surface area contributed by atoms with E-state index in [-0.39, 0.29) is 5.91 Å². The van der Waals surface area contributed by atoms with Crippen molar-refractivity contribution >= 4 is 16.9 Å². The molecule has 1 saturated heterocycles. The first-order valence-electron chi connectivity index (χ1n) is 9.28. The maximum Gasteiger partial charge on any atom is 0.224 e. The normalized spacial score (nSPS) is 16.8.